The number of amides is 1. The van der Waals surface area contributed by atoms with E-state index in [2.05, 4.69) is 4.99 Å². The molecule has 0 aliphatic heterocycles. The second-order valence-corrected chi connectivity index (χ2v) is 2.86. The summed E-state index contributed by atoms with van der Waals surface area (Å²) in [5.41, 5.74) is 5.39. The fourth-order valence-electron chi connectivity index (χ4n) is 0.997. The highest BCUT2D eigenvalue weighted by molar-refractivity contribution is 5.86. The minimum Gasteiger partial charge on any atom is -0.507 e. The number of phenols is 1. The molecular formula is C10H12N2O3. The first-order valence-electron chi connectivity index (χ1n) is 4.28. The maximum absolute atomic E-state index is 10.4. The lowest BCUT2D eigenvalue weighted by atomic mass is 10.2. The van der Waals surface area contributed by atoms with E-state index in [9.17, 15) is 9.90 Å². The molecule has 1 amide bonds. The Morgan fingerprint density at radius 2 is 2.40 bits per heavy atom. The lowest BCUT2D eigenvalue weighted by Crippen LogP contribution is -2.14. The molecule has 3 N–H and O–H groups in total. The molecular weight excluding hydrogens is 196 g/mol. The Morgan fingerprint density at radius 1 is 1.67 bits per heavy atom. The first kappa shape index (κ1) is 11.0. The second kappa shape index (κ2) is 4.99. The molecule has 0 saturated heterocycles. The number of methoxy groups -OCH3 is 1. The average molecular weight is 208 g/mol. The van der Waals surface area contributed by atoms with Crippen molar-refractivity contribution in [2.75, 3.05) is 13.7 Å². The minimum absolute atomic E-state index is 0.0732. The van der Waals surface area contributed by atoms with Crippen molar-refractivity contribution in [1.29, 1.82) is 0 Å². The summed E-state index contributed by atoms with van der Waals surface area (Å²) in [5, 5.41) is 9.43. The van der Waals surface area contributed by atoms with E-state index < -0.39 is 5.91 Å². The largest absolute Gasteiger partial charge is 0.507 e. The molecule has 0 atom stereocenters. The van der Waals surface area contributed by atoms with Crippen LogP contribution >= 0.6 is 0 Å². The number of benzene rings is 1. The molecule has 15 heavy (non-hydrogen) atoms. The Morgan fingerprint density at radius 3 is 3.00 bits per heavy atom. The van der Waals surface area contributed by atoms with E-state index in [-0.39, 0.29) is 12.3 Å². The summed E-state index contributed by atoms with van der Waals surface area (Å²) in [4.78, 5) is 14.2. The van der Waals surface area contributed by atoms with Crippen LogP contribution in [0.15, 0.2) is 23.2 Å². The molecule has 80 valence electrons. The molecule has 0 aliphatic carbocycles. The van der Waals surface area contributed by atoms with Crippen molar-refractivity contribution in [3.8, 4) is 11.5 Å². The van der Waals surface area contributed by atoms with E-state index in [0.717, 1.165) is 0 Å². The first-order valence-corrected chi connectivity index (χ1v) is 4.28. The van der Waals surface area contributed by atoms with Gasteiger partial charge in [-0.25, -0.2) is 0 Å². The van der Waals surface area contributed by atoms with Gasteiger partial charge in [0.15, 0.2) is 0 Å². The first-order chi connectivity index (χ1) is 7.13. The Balaban J connectivity index is 2.83. The molecule has 0 unspecified atom stereocenters. The van der Waals surface area contributed by atoms with Gasteiger partial charge in [0.1, 0.15) is 18.0 Å². The van der Waals surface area contributed by atoms with Crippen LogP contribution in [-0.2, 0) is 4.79 Å². The third-order valence-electron chi connectivity index (χ3n) is 1.71. The highest BCUT2D eigenvalue weighted by Gasteiger charge is 2.00. The zero-order chi connectivity index (χ0) is 11.3. The number of carbonyl (C=O) groups is 1. The molecule has 0 aliphatic rings. The third kappa shape index (κ3) is 3.30. The summed E-state index contributed by atoms with van der Waals surface area (Å²) in [6.07, 6.45) is 1.38. The van der Waals surface area contributed by atoms with Gasteiger partial charge in [0, 0.05) is 11.8 Å². The monoisotopic (exact) mass is 208 g/mol. The van der Waals surface area contributed by atoms with Gasteiger partial charge in [-0.2, -0.15) is 0 Å². The van der Waals surface area contributed by atoms with Crippen molar-refractivity contribution in [3.05, 3.63) is 23.8 Å². The van der Waals surface area contributed by atoms with Crippen molar-refractivity contribution in [2.45, 2.75) is 0 Å². The predicted molar refractivity (Wildman–Crippen MR) is 56.3 cm³/mol. The molecule has 5 heteroatoms. The standard InChI is InChI=1S/C10H12N2O3/c1-15-8-2-3-9(13)7(4-8)5-12-6-10(11)14/h2-5,13H,6H2,1H3,(H2,11,14). The zero-order valence-corrected chi connectivity index (χ0v) is 8.30. The van der Waals surface area contributed by atoms with Crippen molar-refractivity contribution >= 4 is 12.1 Å². The highest BCUT2D eigenvalue weighted by Crippen LogP contribution is 2.20. The normalized spacial score (nSPS) is 10.5. The van der Waals surface area contributed by atoms with Gasteiger partial charge in [0.25, 0.3) is 0 Å². The van der Waals surface area contributed by atoms with Crippen molar-refractivity contribution in [1.82, 2.24) is 0 Å². The number of nitrogens with two attached hydrogens (primary N) is 1. The van der Waals surface area contributed by atoms with Crippen molar-refractivity contribution in [2.24, 2.45) is 10.7 Å². The highest BCUT2D eigenvalue weighted by atomic mass is 16.5. The van der Waals surface area contributed by atoms with Gasteiger partial charge >= 0.3 is 0 Å². The van der Waals surface area contributed by atoms with Gasteiger partial charge in [0.2, 0.25) is 5.91 Å². The summed E-state index contributed by atoms with van der Waals surface area (Å²) < 4.78 is 4.97. The lowest BCUT2D eigenvalue weighted by Gasteiger charge is -2.02. The molecule has 1 aromatic carbocycles. The molecule has 0 radical (unpaired) electrons. The lowest BCUT2D eigenvalue weighted by molar-refractivity contribution is -0.116. The molecule has 0 saturated carbocycles. The summed E-state index contributed by atoms with van der Waals surface area (Å²) in [7, 11) is 1.52. The molecule has 0 spiro atoms. The van der Waals surface area contributed by atoms with Crippen LogP contribution in [0.4, 0.5) is 0 Å². The van der Waals surface area contributed by atoms with Crippen LogP contribution in [0.25, 0.3) is 0 Å². The Hall–Kier alpha value is -2.04. The summed E-state index contributed by atoms with van der Waals surface area (Å²) >= 11 is 0. The van der Waals surface area contributed by atoms with Gasteiger partial charge < -0.3 is 15.6 Å². The van der Waals surface area contributed by atoms with Crippen LogP contribution in [0.2, 0.25) is 0 Å². The van der Waals surface area contributed by atoms with Gasteiger partial charge in [0.05, 0.1) is 7.11 Å². The number of hydrogen-bond donors (Lipinski definition) is 2. The minimum atomic E-state index is -0.520. The molecule has 0 heterocycles. The molecule has 0 bridgehead atoms. The summed E-state index contributed by atoms with van der Waals surface area (Å²) in [6.45, 7) is -0.101. The van der Waals surface area contributed by atoms with Crippen LogP contribution in [0.5, 0.6) is 11.5 Å². The van der Waals surface area contributed by atoms with E-state index in [1.165, 1.54) is 19.4 Å². The number of ether oxygens (including phenoxy) is 1. The van der Waals surface area contributed by atoms with Gasteiger partial charge in [-0.05, 0) is 18.2 Å². The van der Waals surface area contributed by atoms with Crippen LogP contribution < -0.4 is 10.5 Å². The summed E-state index contributed by atoms with van der Waals surface area (Å²) in [5.74, 6) is 0.158. The van der Waals surface area contributed by atoms with E-state index in [1.807, 2.05) is 0 Å². The second-order valence-electron chi connectivity index (χ2n) is 2.86. The van der Waals surface area contributed by atoms with E-state index in [1.54, 1.807) is 12.1 Å². The zero-order valence-electron chi connectivity index (χ0n) is 8.30. The molecule has 0 fully saturated rings. The Bertz CT molecular complexity index is 388. The smallest absolute Gasteiger partial charge is 0.239 e. The van der Waals surface area contributed by atoms with Crippen LogP contribution in [0.1, 0.15) is 5.56 Å². The van der Waals surface area contributed by atoms with Crippen LogP contribution in [0.3, 0.4) is 0 Å². The number of rotatable bonds is 4. The number of hydrogen-bond acceptors (Lipinski definition) is 4. The maximum atomic E-state index is 10.4. The van der Waals surface area contributed by atoms with E-state index in [0.29, 0.717) is 11.3 Å². The number of phenolic OH excluding ortho intramolecular Hbond substituents is 1. The average Bonchev–Trinajstić information content (AvgIpc) is 2.20. The summed E-state index contributed by atoms with van der Waals surface area (Å²) in [6, 6.07) is 4.73. The Labute approximate surface area is 87.2 Å². The van der Waals surface area contributed by atoms with Crippen LogP contribution in [-0.4, -0.2) is 30.9 Å². The number of nitrogens with zero attached hydrogens (tertiary/aromatic N) is 1. The Kier molecular flexibility index (Phi) is 3.68. The van der Waals surface area contributed by atoms with E-state index >= 15 is 0 Å². The SMILES string of the molecule is COc1ccc(O)c(C=NCC(N)=O)c1. The van der Waals surface area contributed by atoms with E-state index in [4.69, 9.17) is 10.5 Å². The van der Waals surface area contributed by atoms with Crippen LogP contribution in [0, 0.1) is 0 Å². The maximum Gasteiger partial charge on any atom is 0.239 e. The fraction of sp³-hybridized carbons (Fsp3) is 0.200. The molecule has 1 rings (SSSR count). The number of aromatic hydroxyl groups is 1. The fourth-order valence-corrected chi connectivity index (χ4v) is 0.997. The molecule has 0 aromatic heterocycles. The quantitative estimate of drug-likeness (QED) is 0.698. The van der Waals surface area contributed by atoms with Gasteiger partial charge in [-0.3, -0.25) is 9.79 Å². The van der Waals surface area contributed by atoms with Gasteiger partial charge in [-0.1, -0.05) is 0 Å². The van der Waals surface area contributed by atoms with Crippen molar-refractivity contribution in [3.63, 3.8) is 0 Å². The molecule has 5 nitrogen and oxygen atoms in total. The number of aliphatic imine (C=N–C) groups is 1. The number of primary amides is 1. The predicted octanol–water partition coefficient (Wildman–Crippen LogP) is 0.305. The topological polar surface area (TPSA) is 84.9 Å². The number of carbonyl (C=O) groups excluding carboxylic acids is 1. The third-order valence-corrected chi connectivity index (χ3v) is 1.71. The van der Waals surface area contributed by atoms with Gasteiger partial charge in [-0.15, -0.1) is 0 Å². The van der Waals surface area contributed by atoms with Crippen molar-refractivity contribution < 1.29 is 14.6 Å². The molecule has 1 aromatic rings.